The molecular formula is C18H11ClF2N4OS. The molecule has 2 aromatic heterocycles. The van der Waals surface area contributed by atoms with Gasteiger partial charge in [0.05, 0.1) is 0 Å². The molecule has 4 rings (SSSR count). The Labute approximate surface area is 161 Å². The largest absolute Gasteiger partial charge is 0.300 e. The molecule has 0 N–H and O–H groups in total. The lowest BCUT2D eigenvalue weighted by molar-refractivity contribution is 0.617. The van der Waals surface area contributed by atoms with Crippen LogP contribution in [0.5, 0.6) is 0 Å². The Morgan fingerprint density at radius 1 is 1.04 bits per heavy atom. The Bertz CT molecular complexity index is 1170. The number of benzene rings is 2. The normalized spacial score (nSPS) is 11.2. The van der Waals surface area contributed by atoms with E-state index in [1.165, 1.54) is 57.1 Å². The number of nitrogens with zero attached hydrogens (tertiary/aromatic N) is 4. The predicted molar refractivity (Wildman–Crippen MR) is 99.5 cm³/mol. The zero-order valence-electron chi connectivity index (χ0n) is 13.6. The van der Waals surface area contributed by atoms with Gasteiger partial charge in [-0.2, -0.15) is 0 Å². The Balaban J connectivity index is 1.67. The molecule has 9 heteroatoms. The number of halogens is 3. The van der Waals surface area contributed by atoms with Crippen molar-refractivity contribution in [1.29, 1.82) is 0 Å². The van der Waals surface area contributed by atoms with E-state index in [0.29, 0.717) is 21.4 Å². The summed E-state index contributed by atoms with van der Waals surface area (Å²) in [5.74, 6) is -0.545. The van der Waals surface area contributed by atoms with Crippen LogP contribution in [0.15, 0.2) is 64.8 Å². The molecule has 2 aromatic carbocycles. The van der Waals surface area contributed by atoms with Gasteiger partial charge in [-0.3, -0.25) is 13.8 Å². The molecular weight excluding hydrogens is 394 g/mol. The minimum Gasteiger partial charge on any atom is -0.280 e. The van der Waals surface area contributed by atoms with Crippen LogP contribution in [0.3, 0.4) is 0 Å². The van der Waals surface area contributed by atoms with Gasteiger partial charge in [0.1, 0.15) is 11.6 Å². The SMILES string of the molecule is O=c1c2nnc(SCc3c(F)cccc3Cl)n2ccn1-c1ccc(F)cc1. The van der Waals surface area contributed by atoms with E-state index in [4.69, 9.17) is 11.6 Å². The van der Waals surface area contributed by atoms with Crippen LogP contribution in [-0.4, -0.2) is 19.2 Å². The molecule has 0 spiro atoms. The van der Waals surface area contributed by atoms with E-state index >= 15 is 0 Å². The molecule has 2 heterocycles. The van der Waals surface area contributed by atoms with Crippen LogP contribution in [0.2, 0.25) is 5.02 Å². The second-order valence-electron chi connectivity index (χ2n) is 5.61. The number of fused-ring (bicyclic) bond motifs is 1. The zero-order valence-corrected chi connectivity index (χ0v) is 15.2. The molecule has 0 aliphatic carbocycles. The van der Waals surface area contributed by atoms with Crippen LogP contribution in [-0.2, 0) is 5.75 Å². The molecule has 0 bridgehead atoms. The Morgan fingerprint density at radius 3 is 2.56 bits per heavy atom. The summed E-state index contributed by atoms with van der Waals surface area (Å²) in [4.78, 5) is 12.7. The molecule has 136 valence electrons. The second-order valence-corrected chi connectivity index (χ2v) is 6.96. The molecule has 0 atom stereocenters. The molecule has 0 saturated carbocycles. The first-order valence-corrected chi connectivity index (χ1v) is 9.19. The minimum absolute atomic E-state index is 0.115. The molecule has 0 radical (unpaired) electrons. The van der Waals surface area contributed by atoms with Crippen molar-refractivity contribution in [3.8, 4) is 5.69 Å². The summed E-state index contributed by atoms with van der Waals surface area (Å²) in [6, 6.07) is 10.0. The number of hydrogen-bond donors (Lipinski definition) is 0. The average molecular weight is 405 g/mol. The summed E-state index contributed by atoms with van der Waals surface area (Å²) < 4.78 is 29.9. The first-order valence-electron chi connectivity index (χ1n) is 7.82. The highest BCUT2D eigenvalue weighted by atomic mass is 35.5. The summed E-state index contributed by atoms with van der Waals surface area (Å²) >= 11 is 7.25. The fourth-order valence-corrected chi connectivity index (χ4v) is 3.84. The van der Waals surface area contributed by atoms with Gasteiger partial charge in [-0.15, -0.1) is 10.2 Å². The molecule has 0 aliphatic heterocycles. The highest BCUT2D eigenvalue weighted by Gasteiger charge is 2.14. The number of hydrogen-bond acceptors (Lipinski definition) is 4. The Kier molecular flexibility index (Phi) is 4.67. The van der Waals surface area contributed by atoms with Crippen molar-refractivity contribution < 1.29 is 8.78 Å². The predicted octanol–water partition coefficient (Wildman–Crippen LogP) is 4.10. The van der Waals surface area contributed by atoms with Crippen molar-refractivity contribution in [2.24, 2.45) is 0 Å². The van der Waals surface area contributed by atoms with Crippen LogP contribution in [0.1, 0.15) is 5.56 Å². The van der Waals surface area contributed by atoms with Crippen molar-refractivity contribution in [2.45, 2.75) is 10.9 Å². The van der Waals surface area contributed by atoms with Gasteiger partial charge in [0.15, 0.2) is 5.16 Å². The van der Waals surface area contributed by atoms with Crippen LogP contribution in [0, 0.1) is 11.6 Å². The van der Waals surface area contributed by atoms with E-state index in [9.17, 15) is 13.6 Å². The fraction of sp³-hybridized carbons (Fsp3) is 0.0556. The van der Waals surface area contributed by atoms with Crippen molar-refractivity contribution in [1.82, 2.24) is 19.2 Å². The van der Waals surface area contributed by atoms with Crippen LogP contribution < -0.4 is 5.56 Å². The number of thioether (sulfide) groups is 1. The van der Waals surface area contributed by atoms with E-state index < -0.39 is 11.4 Å². The van der Waals surface area contributed by atoms with Gasteiger partial charge in [0, 0.05) is 34.4 Å². The standard InChI is InChI=1S/C18H11ClF2N4OS/c19-14-2-1-3-15(21)13(14)10-27-18-23-22-16-17(26)24(8-9-25(16)18)12-6-4-11(20)5-7-12/h1-9H,10H2. The lowest BCUT2D eigenvalue weighted by Crippen LogP contribution is -2.20. The van der Waals surface area contributed by atoms with E-state index in [1.54, 1.807) is 18.5 Å². The third-order valence-electron chi connectivity index (χ3n) is 3.95. The van der Waals surface area contributed by atoms with Gasteiger partial charge in [0.25, 0.3) is 0 Å². The highest BCUT2D eigenvalue weighted by Crippen LogP contribution is 2.27. The summed E-state index contributed by atoms with van der Waals surface area (Å²) in [6.45, 7) is 0. The average Bonchev–Trinajstić information content (AvgIpc) is 3.07. The smallest absolute Gasteiger partial charge is 0.280 e. The van der Waals surface area contributed by atoms with Gasteiger partial charge < -0.3 is 0 Å². The molecule has 27 heavy (non-hydrogen) atoms. The van der Waals surface area contributed by atoms with Crippen molar-refractivity contribution >= 4 is 29.0 Å². The quantitative estimate of drug-likeness (QED) is 0.480. The van der Waals surface area contributed by atoms with Crippen LogP contribution in [0.25, 0.3) is 11.3 Å². The van der Waals surface area contributed by atoms with E-state index in [2.05, 4.69) is 10.2 Å². The zero-order chi connectivity index (χ0) is 19.0. The summed E-state index contributed by atoms with van der Waals surface area (Å²) in [5, 5.41) is 8.72. The molecule has 0 saturated heterocycles. The maximum Gasteiger partial charge on any atom is 0.300 e. The molecule has 5 nitrogen and oxygen atoms in total. The van der Waals surface area contributed by atoms with Gasteiger partial charge in [-0.05, 0) is 36.4 Å². The van der Waals surface area contributed by atoms with Crippen molar-refractivity contribution in [2.75, 3.05) is 0 Å². The van der Waals surface area contributed by atoms with Gasteiger partial charge in [-0.1, -0.05) is 29.4 Å². The first-order chi connectivity index (χ1) is 13.0. The van der Waals surface area contributed by atoms with E-state index in [0.717, 1.165) is 0 Å². The summed E-state index contributed by atoms with van der Waals surface area (Å²) in [5.41, 5.74) is 0.594. The van der Waals surface area contributed by atoms with Gasteiger partial charge in [-0.25, -0.2) is 8.78 Å². The Hall–Kier alpha value is -2.71. The van der Waals surface area contributed by atoms with Gasteiger partial charge >= 0.3 is 5.56 Å². The van der Waals surface area contributed by atoms with Crippen LogP contribution in [0.4, 0.5) is 8.78 Å². The molecule has 0 unspecified atom stereocenters. The monoisotopic (exact) mass is 404 g/mol. The van der Waals surface area contributed by atoms with Crippen LogP contribution >= 0.6 is 23.4 Å². The van der Waals surface area contributed by atoms with Crippen molar-refractivity contribution in [3.05, 3.63) is 87.4 Å². The molecule has 0 amide bonds. The Morgan fingerprint density at radius 2 is 1.81 bits per heavy atom. The maximum atomic E-state index is 13.9. The topological polar surface area (TPSA) is 52.2 Å². The first kappa shape index (κ1) is 17.7. The second kappa shape index (κ2) is 7.13. The third kappa shape index (κ3) is 3.33. The van der Waals surface area contributed by atoms with Gasteiger partial charge in [0.2, 0.25) is 5.65 Å². The minimum atomic E-state index is -0.400. The lowest BCUT2D eigenvalue weighted by Gasteiger charge is -2.07. The van der Waals surface area contributed by atoms with E-state index in [-0.39, 0.29) is 17.2 Å². The molecule has 4 aromatic rings. The highest BCUT2D eigenvalue weighted by molar-refractivity contribution is 7.98. The summed E-state index contributed by atoms with van der Waals surface area (Å²) in [6.07, 6.45) is 3.18. The van der Waals surface area contributed by atoms with Crippen molar-refractivity contribution in [3.63, 3.8) is 0 Å². The summed E-state index contributed by atoms with van der Waals surface area (Å²) in [7, 11) is 0. The number of rotatable bonds is 4. The fourth-order valence-electron chi connectivity index (χ4n) is 2.58. The lowest BCUT2D eigenvalue weighted by atomic mass is 10.2. The third-order valence-corrected chi connectivity index (χ3v) is 5.28. The maximum absolute atomic E-state index is 13.9. The van der Waals surface area contributed by atoms with E-state index in [1.807, 2.05) is 0 Å². The number of aromatic nitrogens is 4. The molecule has 0 aliphatic rings. The molecule has 0 fully saturated rings.